The number of rotatable bonds is 5. The molecule has 10 heteroatoms. The number of hydrogen-bond acceptors (Lipinski definition) is 7. The van der Waals surface area contributed by atoms with Gasteiger partial charge >= 0.3 is 6.18 Å². The van der Waals surface area contributed by atoms with Gasteiger partial charge in [-0.1, -0.05) is 0 Å². The Morgan fingerprint density at radius 3 is 2.72 bits per heavy atom. The molecule has 2 atom stereocenters. The Kier molecular flexibility index (Phi) is 5.86. The van der Waals surface area contributed by atoms with E-state index in [-0.39, 0.29) is 17.8 Å². The SMILES string of the molecule is Cc1cc(N2CCC[C@H](Nc3ccc(C(F)(F)F)cn3)[C@H]2C)c(-c2ncco2)c(C=O)n1. The number of aryl methyl sites for hydroxylation is 1. The Morgan fingerprint density at radius 2 is 2.09 bits per heavy atom. The molecule has 0 aromatic carbocycles. The summed E-state index contributed by atoms with van der Waals surface area (Å²) >= 11 is 0. The molecule has 3 aromatic heterocycles. The predicted molar refractivity (Wildman–Crippen MR) is 113 cm³/mol. The highest BCUT2D eigenvalue weighted by atomic mass is 19.4. The van der Waals surface area contributed by atoms with Crippen molar-refractivity contribution in [3.63, 3.8) is 0 Å². The van der Waals surface area contributed by atoms with Crippen LogP contribution in [0.15, 0.2) is 41.3 Å². The van der Waals surface area contributed by atoms with E-state index >= 15 is 0 Å². The van der Waals surface area contributed by atoms with Crippen LogP contribution in [0, 0.1) is 6.92 Å². The largest absolute Gasteiger partial charge is 0.444 e. The maximum absolute atomic E-state index is 12.8. The molecule has 0 aliphatic carbocycles. The number of hydrogen-bond donors (Lipinski definition) is 1. The second-order valence-electron chi connectivity index (χ2n) is 7.76. The molecule has 3 aromatic rings. The van der Waals surface area contributed by atoms with Crippen molar-refractivity contribution in [1.29, 1.82) is 0 Å². The minimum absolute atomic E-state index is 0.0529. The number of pyridine rings is 2. The van der Waals surface area contributed by atoms with Crippen LogP contribution >= 0.6 is 0 Å². The van der Waals surface area contributed by atoms with Gasteiger partial charge in [-0.15, -0.1) is 0 Å². The van der Waals surface area contributed by atoms with Gasteiger partial charge in [0.2, 0.25) is 5.89 Å². The third-order valence-corrected chi connectivity index (χ3v) is 5.63. The van der Waals surface area contributed by atoms with Crippen LogP contribution < -0.4 is 10.2 Å². The lowest BCUT2D eigenvalue weighted by atomic mass is 9.95. The minimum Gasteiger partial charge on any atom is -0.444 e. The van der Waals surface area contributed by atoms with Gasteiger partial charge in [0.25, 0.3) is 0 Å². The molecule has 0 bridgehead atoms. The zero-order valence-electron chi connectivity index (χ0n) is 17.6. The number of aromatic nitrogens is 3. The van der Waals surface area contributed by atoms with Crippen molar-refractivity contribution in [2.24, 2.45) is 0 Å². The van der Waals surface area contributed by atoms with Gasteiger partial charge in [0, 0.05) is 30.5 Å². The summed E-state index contributed by atoms with van der Waals surface area (Å²) in [6, 6.07) is 4.13. The van der Waals surface area contributed by atoms with Gasteiger partial charge in [-0.2, -0.15) is 13.2 Å². The number of nitrogens with zero attached hydrogens (tertiary/aromatic N) is 4. The Morgan fingerprint density at radius 1 is 1.28 bits per heavy atom. The van der Waals surface area contributed by atoms with Crippen LogP contribution in [0.25, 0.3) is 11.5 Å². The summed E-state index contributed by atoms with van der Waals surface area (Å²) in [7, 11) is 0. The quantitative estimate of drug-likeness (QED) is 0.568. The summed E-state index contributed by atoms with van der Waals surface area (Å²) in [5, 5.41) is 3.26. The molecular weight excluding hydrogens is 423 g/mol. The topological polar surface area (TPSA) is 84.1 Å². The van der Waals surface area contributed by atoms with Gasteiger partial charge in [0.1, 0.15) is 17.8 Å². The number of carbonyl (C=O) groups is 1. The Bertz CT molecular complexity index is 1080. The second-order valence-corrected chi connectivity index (χ2v) is 7.76. The molecule has 0 radical (unpaired) electrons. The number of oxazole rings is 1. The summed E-state index contributed by atoms with van der Waals surface area (Å²) in [5.41, 5.74) is 1.45. The van der Waals surface area contributed by atoms with E-state index < -0.39 is 11.7 Å². The molecule has 0 saturated carbocycles. The third-order valence-electron chi connectivity index (χ3n) is 5.63. The zero-order chi connectivity index (χ0) is 22.9. The number of anilines is 2. The summed E-state index contributed by atoms with van der Waals surface area (Å²) in [6.45, 7) is 4.57. The van der Waals surface area contributed by atoms with E-state index in [2.05, 4.69) is 25.2 Å². The fraction of sp³-hybridized carbons (Fsp3) is 0.364. The van der Waals surface area contributed by atoms with Crippen molar-refractivity contribution in [2.45, 2.75) is 44.9 Å². The van der Waals surface area contributed by atoms with Crippen LogP contribution in [-0.2, 0) is 6.18 Å². The predicted octanol–water partition coefficient (Wildman–Crippen LogP) is 4.74. The molecule has 1 aliphatic heterocycles. The first kappa shape index (κ1) is 21.8. The maximum Gasteiger partial charge on any atom is 0.417 e. The van der Waals surface area contributed by atoms with E-state index in [0.29, 0.717) is 29.3 Å². The lowest BCUT2D eigenvalue weighted by Crippen LogP contribution is -2.50. The number of piperidine rings is 1. The van der Waals surface area contributed by atoms with Crippen LogP contribution in [-0.4, -0.2) is 39.9 Å². The van der Waals surface area contributed by atoms with Crippen LogP contribution in [0.5, 0.6) is 0 Å². The molecule has 4 heterocycles. The van der Waals surface area contributed by atoms with Crippen LogP contribution in [0.4, 0.5) is 24.7 Å². The van der Waals surface area contributed by atoms with Gasteiger partial charge in [-0.25, -0.2) is 15.0 Å². The average Bonchev–Trinajstić information content (AvgIpc) is 3.28. The number of nitrogens with one attached hydrogen (secondary N) is 1. The minimum atomic E-state index is -4.42. The highest BCUT2D eigenvalue weighted by Crippen LogP contribution is 2.36. The smallest absolute Gasteiger partial charge is 0.417 e. The summed E-state index contributed by atoms with van der Waals surface area (Å²) < 4.78 is 43.9. The first-order valence-corrected chi connectivity index (χ1v) is 10.2. The number of halogens is 3. The number of aldehydes is 1. The molecule has 4 rings (SSSR count). The molecule has 1 fully saturated rings. The lowest BCUT2D eigenvalue weighted by Gasteiger charge is -2.42. The first-order valence-electron chi connectivity index (χ1n) is 10.2. The normalized spacial score (nSPS) is 19.1. The van der Waals surface area contributed by atoms with E-state index in [0.717, 1.165) is 37.3 Å². The van der Waals surface area contributed by atoms with Crippen LogP contribution in [0.1, 0.15) is 41.5 Å². The Hall–Kier alpha value is -3.43. The molecule has 1 saturated heterocycles. The Labute approximate surface area is 182 Å². The molecule has 1 aliphatic rings. The summed E-state index contributed by atoms with van der Waals surface area (Å²) in [4.78, 5) is 26.4. The molecule has 168 valence electrons. The van der Waals surface area contributed by atoms with Crippen molar-refractivity contribution in [1.82, 2.24) is 15.0 Å². The van der Waals surface area contributed by atoms with Crippen molar-refractivity contribution < 1.29 is 22.4 Å². The van der Waals surface area contributed by atoms with E-state index in [4.69, 9.17) is 4.42 Å². The monoisotopic (exact) mass is 445 g/mol. The van der Waals surface area contributed by atoms with Gasteiger partial charge in [0.15, 0.2) is 6.29 Å². The molecule has 0 amide bonds. The summed E-state index contributed by atoms with van der Waals surface area (Å²) in [5.74, 6) is 0.686. The summed E-state index contributed by atoms with van der Waals surface area (Å²) in [6.07, 6.45) is 1.70. The van der Waals surface area contributed by atoms with E-state index in [1.54, 1.807) is 0 Å². The van der Waals surface area contributed by atoms with Crippen LogP contribution in [0.2, 0.25) is 0 Å². The first-order chi connectivity index (χ1) is 15.3. The van der Waals surface area contributed by atoms with E-state index in [1.165, 1.54) is 18.5 Å². The molecule has 7 nitrogen and oxygen atoms in total. The highest BCUT2D eigenvalue weighted by molar-refractivity contribution is 5.90. The fourth-order valence-corrected chi connectivity index (χ4v) is 4.07. The second kappa shape index (κ2) is 8.60. The standard InChI is InChI=1S/C22H22F3N5O2/c1-13-10-18(20(17(12-31)28-13)21-26-7-9-32-21)30-8-3-4-16(14(30)2)29-19-6-5-15(11-27-19)22(23,24)25/h5-7,9-12,14,16H,3-4,8H2,1-2H3,(H,27,29)/t14-,16+/m1/s1. The Balaban J connectivity index is 1.63. The molecule has 0 spiro atoms. The zero-order valence-corrected chi connectivity index (χ0v) is 17.6. The molecule has 32 heavy (non-hydrogen) atoms. The molecule has 0 unspecified atom stereocenters. The van der Waals surface area contributed by atoms with Crippen molar-refractivity contribution in [3.8, 4) is 11.5 Å². The lowest BCUT2D eigenvalue weighted by molar-refractivity contribution is -0.137. The molecule has 1 N–H and O–H groups in total. The fourth-order valence-electron chi connectivity index (χ4n) is 4.07. The highest BCUT2D eigenvalue weighted by Gasteiger charge is 2.33. The van der Waals surface area contributed by atoms with Crippen molar-refractivity contribution in [3.05, 3.63) is 53.8 Å². The number of carbonyl (C=O) groups excluding carboxylic acids is 1. The van der Waals surface area contributed by atoms with Gasteiger partial charge < -0.3 is 14.6 Å². The van der Waals surface area contributed by atoms with Crippen molar-refractivity contribution >= 4 is 17.8 Å². The average molecular weight is 445 g/mol. The molecular formula is C22H22F3N5O2. The van der Waals surface area contributed by atoms with Gasteiger partial charge in [-0.3, -0.25) is 4.79 Å². The van der Waals surface area contributed by atoms with Crippen LogP contribution in [0.3, 0.4) is 0 Å². The number of alkyl halides is 3. The third kappa shape index (κ3) is 4.30. The van der Waals surface area contributed by atoms with Crippen molar-refractivity contribution in [2.75, 3.05) is 16.8 Å². The van der Waals surface area contributed by atoms with E-state index in [9.17, 15) is 18.0 Å². The van der Waals surface area contributed by atoms with Gasteiger partial charge in [0.05, 0.1) is 23.0 Å². The maximum atomic E-state index is 12.8. The van der Waals surface area contributed by atoms with E-state index in [1.807, 2.05) is 19.9 Å². The van der Waals surface area contributed by atoms with Gasteiger partial charge in [-0.05, 0) is 44.9 Å².